The molecule has 3 rings (SSSR count). The second-order valence-electron chi connectivity index (χ2n) is 4.96. The van der Waals surface area contributed by atoms with Crippen LogP contribution >= 0.6 is 23.8 Å². The van der Waals surface area contributed by atoms with E-state index in [0.29, 0.717) is 5.41 Å². The predicted molar refractivity (Wildman–Crippen MR) is 69.5 cm³/mol. The molecule has 2 nitrogen and oxygen atoms in total. The van der Waals surface area contributed by atoms with Crippen molar-refractivity contribution in [1.82, 2.24) is 9.55 Å². The molecule has 1 saturated carbocycles. The third-order valence-corrected chi connectivity index (χ3v) is 4.04. The smallest absolute Gasteiger partial charge is 0.178 e. The van der Waals surface area contributed by atoms with Crippen LogP contribution in [-0.4, -0.2) is 9.55 Å². The monoisotopic (exact) mass is 252 g/mol. The Balaban J connectivity index is 2.19. The summed E-state index contributed by atoms with van der Waals surface area (Å²) < 4.78 is 2.94. The molecule has 0 atom stereocenters. The van der Waals surface area contributed by atoms with Crippen LogP contribution in [0.1, 0.15) is 19.8 Å². The van der Waals surface area contributed by atoms with Crippen molar-refractivity contribution < 1.29 is 0 Å². The molecule has 0 amide bonds. The van der Waals surface area contributed by atoms with Gasteiger partial charge in [0.15, 0.2) is 4.77 Å². The minimum atomic E-state index is 0.440. The number of aromatic nitrogens is 2. The highest BCUT2D eigenvalue weighted by Gasteiger charge is 2.37. The Morgan fingerprint density at radius 3 is 2.94 bits per heavy atom. The number of nitrogens with zero attached hydrogens (tertiary/aromatic N) is 1. The number of rotatable bonds is 2. The number of hydrogen-bond acceptors (Lipinski definition) is 1. The second-order valence-corrected chi connectivity index (χ2v) is 5.75. The minimum Gasteiger partial charge on any atom is -0.329 e. The van der Waals surface area contributed by atoms with Gasteiger partial charge in [-0.2, -0.15) is 0 Å². The molecule has 1 heterocycles. The second kappa shape index (κ2) is 3.34. The standard InChI is InChI=1S/C12H13ClN2S/c1-12(5-6-12)7-15-9-4-2-3-8(13)10(9)14-11(15)16/h2-4H,5-7H2,1H3,(H,14,16). The largest absolute Gasteiger partial charge is 0.329 e. The highest BCUT2D eigenvalue weighted by molar-refractivity contribution is 7.71. The Hall–Kier alpha value is -0.800. The van der Waals surface area contributed by atoms with Gasteiger partial charge in [-0.15, -0.1) is 0 Å². The van der Waals surface area contributed by atoms with E-state index in [1.165, 1.54) is 12.8 Å². The van der Waals surface area contributed by atoms with Crippen LogP contribution in [0.2, 0.25) is 5.02 Å². The lowest BCUT2D eigenvalue weighted by molar-refractivity contribution is 0.469. The van der Waals surface area contributed by atoms with Crippen molar-refractivity contribution in [1.29, 1.82) is 0 Å². The van der Waals surface area contributed by atoms with Gasteiger partial charge < -0.3 is 9.55 Å². The fourth-order valence-electron chi connectivity index (χ4n) is 2.06. The Morgan fingerprint density at radius 1 is 1.50 bits per heavy atom. The van der Waals surface area contributed by atoms with Gasteiger partial charge in [-0.3, -0.25) is 0 Å². The van der Waals surface area contributed by atoms with Crippen molar-refractivity contribution in [2.24, 2.45) is 5.41 Å². The summed E-state index contributed by atoms with van der Waals surface area (Å²) in [6.07, 6.45) is 2.59. The molecule has 2 aromatic rings. The van der Waals surface area contributed by atoms with Crippen molar-refractivity contribution >= 4 is 34.9 Å². The molecule has 1 aliphatic rings. The first kappa shape index (κ1) is 10.4. The third-order valence-electron chi connectivity index (χ3n) is 3.40. The van der Waals surface area contributed by atoms with Crippen molar-refractivity contribution in [3.63, 3.8) is 0 Å². The lowest BCUT2D eigenvalue weighted by atomic mass is 10.1. The van der Waals surface area contributed by atoms with Gasteiger partial charge >= 0.3 is 0 Å². The zero-order valence-corrected chi connectivity index (χ0v) is 10.7. The molecular weight excluding hydrogens is 240 g/mol. The number of fused-ring (bicyclic) bond motifs is 1. The maximum absolute atomic E-state index is 6.14. The topological polar surface area (TPSA) is 20.7 Å². The van der Waals surface area contributed by atoms with Crippen molar-refractivity contribution in [3.8, 4) is 0 Å². The van der Waals surface area contributed by atoms with E-state index in [1.807, 2.05) is 12.1 Å². The van der Waals surface area contributed by atoms with Crippen LogP contribution in [0, 0.1) is 10.2 Å². The van der Waals surface area contributed by atoms with Gasteiger partial charge in [0.1, 0.15) is 0 Å². The first-order valence-electron chi connectivity index (χ1n) is 5.46. The average Bonchev–Trinajstić information content (AvgIpc) is 2.88. The average molecular weight is 253 g/mol. The van der Waals surface area contributed by atoms with E-state index in [-0.39, 0.29) is 0 Å². The summed E-state index contributed by atoms with van der Waals surface area (Å²) in [5, 5.41) is 0.739. The molecule has 0 unspecified atom stereocenters. The molecule has 0 saturated heterocycles. The lowest BCUT2D eigenvalue weighted by Gasteiger charge is -2.10. The van der Waals surface area contributed by atoms with Gasteiger partial charge in [-0.25, -0.2) is 0 Å². The van der Waals surface area contributed by atoms with E-state index in [9.17, 15) is 0 Å². The van der Waals surface area contributed by atoms with Crippen LogP contribution in [-0.2, 0) is 6.54 Å². The van der Waals surface area contributed by atoms with E-state index in [4.69, 9.17) is 23.8 Å². The maximum atomic E-state index is 6.14. The molecular formula is C12H13ClN2S. The normalized spacial score (nSPS) is 17.9. The predicted octanol–water partition coefficient (Wildman–Crippen LogP) is 4.15. The molecule has 1 fully saturated rings. The van der Waals surface area contributed by atoms with Crippen LogP contribution in [0.3, 0.4) is 0 Å². The van der Waals surface area contributed by atoms with Gasteiger partial charge in [-0.1, -0.05) is 24.6 Å². The number of benzene rings is 1. The number of para-hydroxylation sites is 1. The Bertz CT molecular complexity index is 607. The molecule has 0 radical (unpaired) electrons. The summed E-state index contributed by atoms with van der Waals surface area (Å²) in [7, 11) is 0. The van der Waals surface area contributed by atoms with Gasteiger partial charge in [0.05, 0.1) is 16.1 Å². The molecule has 4 heteroatoms. The van der Waals surface area contributed by atoms with E-state index in [1.54, 1.807) is 0 Å². The summed E-state index contributed by atoms with van der Waals surface area (Å²) >= 11 is 11.5. The minimum absolute atomic E-state index is 0.440. The van der Waals surface area contributed by atoms with E-state index in [0.717, 1.165) is 27.4 Å². The van der Waals surface area contributed by atoms with Crippen LogP contribution in [0.15, 0.2) is 18.2 Å². The fraction of sp³-hybridized carbons (Fsp3) is 0.417. The molecule has 0 aliphatic heterocycles. The number of H-pyrrole nitrogens is 1. The van der Waals surface area contributed by atoms with Crippen LogP contribution in [0.5, 0.6) is 0 Å². The number of aromatic amines is 1. The zero-order chi connectivity index (χ0) is 11.3. The van der Waals surface area contributed by atoms with Crippen molar-refractivity contribution in [2.45, 2.75) is 26.3 Å². The van der Waals surface area contributed by atoms with Crippen molar-refractivity contribution in [3.05, 3.63) is 28.0 Å². The van der Waals surface area contributed by atoms with Crippen LogP contribution in [0.4, 0.5) is 0 Å². The van der Waals surface area contributed by atoms with Crippen LogP contribution in [0.25, 0.3) is 11.0 Å². The van der Waals surface area contributed by atoms with Gasteiger partial charge in [-0.05, 0) is 42.6 Å². The summed E-state index contributed by atoms with van der Waals surface area (Å²) in [6, 6.07) is 5.93. The number of nitrogens with one attached hydrogen (secondary N) is 1. The molecule has 1 aliphatic carbocycles. The van der Waals surface area contributed by atoms with Gasteiger partial charge in [0.25, 0.3) is 0 Å². The van der Waals surface area contributed by atoms with Crippen LogP contribution < -0.4 is 0 Å². The summed E-state index contributed by atoms with van der Waals surface area (Å²) in [5.41, 5.74) is 2.51. The fourth-order valence-corrected chi connectivity index (χ4v) is 2.54. The highest BCUT2D eigenvalue weighted by Crippen LogP contribution is 2.46. The summed E-state index contributed by atoms with van der Waals surface area (Å²) in [6.45, 7) is 3.30. The molecule has 0 bridgehead atoms. The van der Waals surface area contributed by atoms with Gasteiger partial charge in [0.2, 0.25) is 0 Å². The van der Waals surface area contributed by atoms with E-state index < -0.39 is 0 Å². The first-order chi connectivity index (χ1) is 7.59. The molecule has 1 N–H and O–H groups in total. The quantitative estimate of drug-likeness (QED) is 0.797. The Kier molecular flexibility index (Phi) is 2.17. The third kappa shape index (κ3) is 1.59. The van der Waals surface area contributed by atoms with E-state index in [2.05, 4.69) is 22.5 Å². The Labute approximate surface area is 104 Å². The SMILES string of the molecule is CC1(Cn2c(=S)[nH]c3c(Cl)cccc32)CC1. The number of hydrogen-bond donors (Lipinski definition) is 1. The number of halogens is 1. The highest BCUT2D eigenvalue weighted by atomic mass is 35.5. The summed E-state index contributed by atoms with van der Waals surface area (Å²) in [4.78, 5) is 3.19. The lowest BCUT2D eigenvalue weighted by Crippen LogP contribution is -2.07. The molecule has 84 valence electrons. The van der Waals surface area contributed by atoms with E-state index >= 15 is 0 Å². The summed E-state index contributed by atoms with van der Waals surface area (Å²) in [5.74, 6) is 0. The molecule has 1 aromatic heterocycles. The van der Waals surface area contributed by atoms with Gasteiger partial charge in [0, 0.05) is 6.54 Å². The van der Waals surface area contributed by atoms with Crippen molar-refractivity contribution in [2.75, 3.05) is 0 Å². The Morgan fingerprint density at radius 2 is 2.25 bits per heavy atom. The molecule has 0 spiro atoms. The molecule has 1 aromatic carbocycles. The number of imidazole rings is 1. The zero-order valence-electron chi connectivity index (χ0n) is 9.09. The first-order valence-corrected chi connectivity index (χ1v) is 6.25. The molecule has 16 heavy (non-hydrogen) atoms. The maximum Gasteiger partial charge on any atom is 0.178 e.